The Balaban J connectivity index is 1.75. The maximum Gasteiger partial charge on any atom is 0.258 e. The number of carbonyl (C=O) groups excluding carboxylic acids is 1. The van der Waals surface area contributed by atoms with E-state index in [9.17, 15) is 4.79 Å². The van der Waals surface area contributed by atoms with Gasteiger partial charge in [-0.2, -0.15) is 0 Å². The van der Waals surface area contributed by atoms with Gasteiger partial charge in [0.1, 0.15) is 5.75 Å². The highest BCUT2D eigenvalue weighted by molar-refractivity contribution is 6.31. The van der Waals surface area contributed by atoms with E-state index in [1.807, 2.05) is 74.5 Å². The summed E-state index contributed by atoms with van der Waals surface area (Å²) in [6.45, 7) is 3.89. The van der Waals surface area contributed by atoms with Crippen molar-refractivity contribution < 1.29 is 9.53 Å². The van der Waals surface area contributed by atoms with E-state index in [0.717, 1.165) is 22.3 Å². The fraction of sp³-hybridized carbons (Fsp3) is 0.174. The van der Waals surface area contributed by atoms with E-state index in [4.69, 9.17) is 16.3 Å². The maximum atomic E-state index is 12.6. The van der Waals surface area contributed by atoms with E-state index >= 15 is 0 Å². The molecule has 1 amide bonds. The van der Waals surface area contributed by atoms with Crippen LogP contribution in [0, 0.1) is 13.8 Å². The number of hydrogen-bond acceptors (Lipinski definition) is 2. The number of amides is 1. The third-order valence-electron chi connectivity index (χ3n) is 4.44. The molecule has 3 nitrogen and oxygen atoms in total. The molecule has 0 radical (unpaired) electrons. The molecule has 27 heavy (non-hydrogen) atoms. The SMILES string of the molecule is Cc1cc(OCC(=O)NC(c2ccccc2)c2ccccc2C)ccc1Cl. The van der Waals surface area contributed by atoms with E-state index < -0.39 is 0 Å². The Morgan fingerprint density at radius 3 is 2.37 bits per heavy atom. The zero-order valence-corrected chi connectivity index (χ0v) is 16.2. The van der Waals surface area contributed by atoms with Crippen molar-refractivity contribution in [3.05, 3.63) is 100 Å². The first-order chi connectivity index (χ1) is 13.0. The van der Waals surface area contributed by atoms with E-state index in [1.54, 1.807) is 12.1 Å². The second-order valence-corrected chi connectivity index (χ2v) is 6.87. The van der Waals surface area contributed by atoms with Gasteiger partial charge in [-0.25, -0.2) is 0 Å². The molecule has 0 spiro atoms. The Morgan fingerprint density at radius 2 is 1.67 bits per heavy atom. The van der Waals surface area contributed by atoms with Crippen molar-refractivity contribution in [1.82, 2.24) is 5.32 Å². The molecule has 0 saturated carbocycles. The Morgan fingerprint density at radius 1 is 0.963 bits per heavy atom. The molecule has 0 aliphatic heterocycles. The molecular weight excluding hydrogens is 358 g/mol. The Labute approximate surface area is 164 Å². The van der Waals surface area contributed by atoms with Crippen LogP contribution in [0.4, 0.5) is 0 Å². The van der Waals surface area contributed by atoms with Gasteiger partial charge in [-0.3, -0.25) is 4.79 Å². The summed E-state index contributed by atoms with van der Waals surface area (Å²) < 4.78 is 5.64. The Bertz CT molecular complexity index is 925. The minimum absolute atomic E-state index is 0.0592. The number of hydrogen-bond donors (Lipinski definition) is 1. The lowest BCUT2D eigenvalue weighted by Gasteiger charge is -2.22. The van der Waals surface area contributed by atoms with Crippen molar-refractivity contribution >= 4 is 17.5 Å². The van der Waals surface area contributed by atoms with Gasteiger partial charge in [-0.1, -0.05) is 66.2 Å². The molecule has 3 aromatic carbocycles. The molecule has 1 atom stereocenters. The molecule has 0 heterocycles. The lowest BCUT2D eigenvalue weighted by molar-refractivity contribution is -0.123. The lowest BCUT2D eigenvalue weighted by Crippen LogP contribution is -2.33. The summed E-state index contributed by atoms with van der Waals surface area (Å²) in [6, 6.07) is 23.1. The molecule has 4 heteroatoms. The van der Waals surface area contributed by atoms with Gasteiger partial charge in [0.2, 0.25) is 0 Å². The number of benzene rings is 3. The van der Waals surface area contributed by atoms with Gasteiger partial charge in [0.25, 0.3) is 5.91 Å². The van der Waals surface area contributed by atoms with Gasteiger partial charge >= 0.3 is 0 Å². The predicted molar refractivity (Wildman–Crippen MR) is 109 cm³/mol. The molecule has 1 N–H and O–H groups in total. The van der Waals surface area contributed by atoms with Crippen LogP contribution in [-0.2, 0) is 4.79 Å². The Hall–Kier alpha value is -2.78. The summed E-state index contributed by atoms with van der Waals surface area (Å²) in [7, 11) is 0. The van der Waals surface area contributed by atoms with Crippen molar-refractivity contribution in [1.29, 1.82) is 0 Å². The van der Waals surface area contributed by atoms with Crippen LogP contribution >= 0.6 is 11.6 Å². The van der Waals surface area contributed by atoms with Gasteiger partial charge in [-0.05, 0) is 54.3 Å². The van der Waals surface area contributed by atoms with Crippen LogP contribution in [0.5, 0.6) is 5.75 Å². The number of nitrogens with one attached hydrogen (secondary N) is 1. The second-order valence-electron chi connectivity index (χ2n) is 6.47. The average Bonchev–Trinajstić information content (AvgIpc) is 2.68. The molecular formula is C23H22ClNO2. The van der Waals surface area contributed by atoms with Crippen LogP contribution in [0.15, 0.2) is 72.8 Å². The van der Waals surface area contributed by atoms with E-state index in [0.29, 0.717) is 10.8 Å². The van der Waals surface area contributed by atoms with Crippen molar-refractivity contribution in [2.75, 3.05) is 6.61 Å². The number of halogens is 1. The van der Waals surface area contributed by atoms with Gasteiger partial charge < -0.3 is 10.1 Å². The van der Waals surface area contributed by atoms with Gasteiger partial charge in [0, 0.05) is 5.02 Å². The maximum absolute atomic E-state index is 12.6. The molecule has 0 aliphatic carbocycles. The van der Waals surface area contributed by atoms with E-state index in [2.05, 4.69) is 5.32 Å². The summed E-state index contributed by atoms with van der Waals surface area (Å²) in [5, 5.41) is 3.77. The third-order valence-corrected chi connectivity index (χ3v) is 4.86. The number of ether oxygens (including phenoxy) is 1. The summed E-state index contributed by atoms with van der Waals surface area (Å²) in [6.07, 6.45) is 0. The van der Waals surface area contributed by atoms with Crippen LogP contribution in [0.2, 0.25) is 5.02 Å². The molecule has 0 fully saturated rings. The first-order valence-corrected chi connectivity index (χ1v) is 9.21. The smallest absolute Gasteiger partial charge is 0.258 e. The highest BCUT2D eigenvalue weighted by atomic mass is 35.5. The summed E-state index contributed by atoms with van der Waals surface area (Å²) >= 11 is 6.03. The molecule has 3 rings (SSSR count). The first kappa shape index (κ1) is 19.0. The van der Waals surface area contributed by atoms with Crippen molar-refractivity contribution in [3.63, 3.8) is 0 Å². The van der Waals surface area contributed by atoms with Crippen LogP contribution < -0.4 is 10.1 Å². The monoisotopic (exact) mass is 379 g/mol. The number of carbonyl (C=O) groups is 1. The molecule has 0 saturated heterocycles. The molecule has 3 aromatic rings. The van der Waals surface area contributed by atoms with Gasteiger partial charge in [0.05, 0.1) is 6.04 Å². The number of rotatable bonds is 6. The van der Waals surface area contributed by atoms with Gasteiger partial charge in [-0.15, -0.1) is 0 Å². The molecule has 1 unspecified atom stereocenters. The highest BCUT2D eigenvalue weighted by Crippen LogP contribution is 2.25. The predicted octanol–water partition coefficient (Wildman–Crippen LogP) is 5.24. The third kappa shape index (κ3) is 4.89. The lowest BCUT2D eigenvalue weighted by atomic mass is 9.95. The molecule has 0 bridgehead atoms. The molecule has 0 aliphatic rings. The summed E-state index contributed by atoms with van der Waals surface area (Å²) in [5.74, 6) is 0.443. The summed E-state index contributed by atoms with van der Waals surface area (Å²) in [4.78, 5) is 12.6. The van der Waals surface area contributed by atoms with Crippen molar-refractivity contribution in [2.45, 2.75) is 19.9 Å². The Kier molecular flexibility index (Phi) is 6.15. The topological polar surface area (TPSA) is 38.3 Å². The minimum atomic E-state index is -0.226. The van der Waals surface area contributed by atoms with Crippen molar-refractivity contribution in [2.24, 2.45) is 0 Å². The largest absolute Gasteiger partial charge is 0.484 e. The normalized spacial score (nSPS) is 11.7. The van der Waals surface area contributed by atoms with Gasteiger partial charge in [0.15, 0.2) is 6.61 Å². The average molecular weight is 380 g/mol. The van der Waals surface area contributed by atoms with Crippen LogP contribution in [0.1, 0.15) is 28.3 Å². The zero-order chi connectivity index (χ0) is 19.2. The van der Waals surface area contributed by atoms with Crippen molar-refractivity contribution in [3.8, 4) is 5.75 Å². The van der Waals surface area contributed by atoms with E-state index in [1.165, 1.54) is 0 Å². The van der Waals surface area contributed by atoms with Crippen LogP contribution in [0.25, 0.3) is 0 Å². The first-order valence-electron chi connectivity index (χ1n) is 8.83. The summed E-state index contributed by atoms with van der Waals surface area (Å²) in [5.41, 5.74) is 4.14. The minimum Gasteiger partial charge on any atom is -0.484 e. The fourth-order valence-electron chi connectivity index (χ4n) is 2.96. The molecule has 138 valence electrons. The quantitative estimate of drug-likeness (QED) is 0.635. The number of aryl methyl sites for hydroxylation is 2. The van der Waals surface area contributed by atoms with Crippen LogP contribution in [0.3, 0.4) is 0 Å². The highest BCUT2D eigenvalue weighted by Gasteiger charge is 2.18. The second kappa shape index (κ2) is 8.74. The van der Waals surface area contributed by atoms with Crippen LogP contribution in [-0.4, -0.2) is 12.5 Å². The fourth-order valence-corrected chi connectivity index (χ4v) is 3.07. The standard InChI is InChI=1S/C23H22ClNO2/c1-16-8-6-7-11-20(16)23(18-9-4-3-5-10-18)25-22(26)15-27-19-12-13-21(24)17(2)14-19/h3-14,23H,15H2,1-2H3,(H,25,26). The molecule has 0 aromatic heterocycles. The van der Waals surface area contributed by atoms with E-state index in [-0.39, 0.29) is 18.6 Å². The zero-order valence-electron chi connectivity index (χ0n) is 15.4.